The van der Waals surface area contributed by atoms with Gasteiger partial charge in [-0.25, -0.2) is 4.79 Å². The molecule has 0 atom stereocenters. The molecule has 0 bridgehead atoms. The van der Waals surface area contributed by atoms with Gasteiger partial charge in [0.1, 0.15) is 0 Å². The van der Waals surface area contributed by atoms with E-state index in [2.05, 4.69) is 10.3 Å². The number of carbonyl (C=O) groups excluding carboxylic acids is 1. The Balaban J connectivity index is 2.84. The lowest BCUT2D eigenvalue weighted by atomic mass is 10.2. The minimum atomic E-state index is -1.04. The number of aromatic nitrogens is 1. The van der Waals surface area contributed by atoms with Crippen LogP contribution in [0.4, 0.5) is 0 Å². The zero-order valence-corrected chi connectivity index (χ0v) is 7.65. The monoisotopic (exact) mass is 194 g/mol. The quantitative estimate of drug-likeness (QED) is 0.730. The molecule has 1 amide bonds. The first kappa shape index (κ1) is 10.2. The molecule has 1 aromatic heterocycles. The number of nitrogens with one attached hydrogen (secondary N) is 1. The van der Waals surface area contributed by atoms with Gasteiger partial charge in [-0.15, -0.1) is 0 Å². The maximum Gasteiger partial charge on any atom is 0.337 e. The maximum absolute atomic E-state index is 10.7. The summed E-state index contributed by atoms with van der Waals surface area (Å²) < 4.78 is 0. The standard InChI is InChI=1S/C9H10N2O3/c1-6(12)11-5-8-7(9(13)14)3-2-4-10-8/h2-4H,5H2,1H3,(H,11,12)(H,13,14). The summed E-state index contributed by atoms with van der Waals surface area (Å²) in [7, 11) is 0. The predicted octanol–water partition coefficient (Wildman–Crippen LogP) is 0.416. The highest BCUT2D eigenvalue weighted by Crippen LogP contribution is 2.04. The third-order valence-corrected chi connectivity index (χ3v) is 1.63. The third kappa shape index (κ3) is 2.55. The molecule has 0 unspecified atom stereocenters. The molecule has 0 saturated carbocycles. The van der Waals surface area contributed by atoms with E-state index >= 15 is 0 Å². The molecule has 5 nitrogen and oxygen atoms in total. The number of hydrogen-bond acceptors (Lipinski definition) is 3. The molecule has 14 heavy (non-hydrogen) atoms. The number of amides is 1. The van der Waals surface area contributed by atoms with Gasteiger partial charge in [0.2, 0.25) is 5.91 Å². The zero-order chi connectivity index (χ0) is 10.6. The smallest absolute Gasteiger partial charge is 0.337 e. The Kier molecular flexibility index (Phi) is 3.17. The Morgan fingerprint density at radius 1 is 1.57 bits per heavy atom. The Bertz CT molecular complexity index is 363. The zero-order valence-electron chi connectivity index (χ0n) is 7.65. The maximum atomic E-state index is 10.7. The topological polar surface area (TPSA) is 79.3 Å². The first-order valence-electron chi connectivity index (χ1n) is 4.03. The SMILES string of the molecule is CC(=O)NCc1ncccc1C(=O)O. The summed E-state index contributed by atoms with van der Waals surface area (Å²) in [6.07, 6.45) is 1.49. The fraction of sp³-hybridized carbons (Fsp3) is 0.222. The lowest BCUT2D eigenvalue weighted by Gasteiger charge is -2.04. The van der Waals surface area contributed by atoms with Crippen LogP contribution in [0.15, 0.2) is 18.3 Å². The van der Waals surface area contributed by atoms with E-state index in [4.69, 9.17) is 5.11 Å². The van der Waals surface area contributed by atoms with Gasteiger partial charge >= 0.3 is 5.97 Å². The van der Waals surface area contributed by atoms with Crippen molar-refractivity contribution in [3.63, 3.8) is 0 Å². The van der Waals surface area contributed by atoms with Crippen molar-refractivity contribution < 1.29 is 14.7 Å². The molecule has 0 saturated heterocycles. The lowest BCUT2D eigenvalue weighted by molar-refractivity contribution is -0.119. The second kappa shape index (κ2) is 4.36. The van der Waals surface area contributed by atoms with Gasteiger partial charge in [-0.3, -0.25) is 9.78 Å². The van der Waals surface area contributed by atoms with E-state index in [1.54, 1.807) is 6.07 Å². The van der Waals surface area contributed by atoms with Crippen molar-refractivity contribution >= 4 is 11.9 Å². The van der Waals surface area contributed by atoms with E-state index in [9.17, 15) is 9.59 Å². The van der Waals surface area contributed by atoms with Crippen LogP contribution >= 0.6 is 0 Å². The van der Waals surface area contributed by atoms with Crippen LogP contribution in [-0.2, 0) is 11.3 Å². The van der Waals surface area contributed by atoms with Crippen LogP contribution in [0.5, 0.6) is 0 Å². The van der Waals surface area contributed by atoms with E-state index in [0.29, 0.717) is 5.69 Å². The summed E-state index contributed by atoms with van der Waals surface area (Å²) in [6.45, 7) is 1.50. The molecule has 1 rings (SSSR count). The number of nitrogens with zero attached hydrogens (tertiary/aromatic N) is 1. The second-order valence-corrected chi connectivity index (χ2v) is 2.71. The Labute approximate surface area is 80.8 Å². The van der Waals surface area contributed by atoms with Crippen molar-refractivity contribution in [2.75, 3.05) is 0 Å². The minimum Gasteiger partial charge on any atom is -0.478 e. The van der Waals surface area contributed by atoms with E-state index < -0.39 is 5.97 Å². The molecule has 2 N–H and O–H groups in total. The number of hydrogen-bond donors (Lipinski definition) is 2. The average Bonchev–Trinajstić information content (AvgIpc) is 2.15. The highest BCUT2D eigenvalue weighted by Gasteiger charge is 2.09. The highest BCUT2D eigenvalue weighted by molar-refractivity contribution is 5.88. The van der Waals surface area contributed by atoms with Crippen LogP contribution in [0.1, 0.15) is 23.0 Å². The van der Waals surface area contributed by atoms with Crippen molar-refractivity contribution in [2.24, 2.45) is 0 Å². The van der Waals surface area contributed by atoms with Gasteiger partial charge < -0.3 is 10.4 Å². The molecule has 1 heterocycles. The number of rotatable bonds is 3. The Hall–Kier alpha value is -1.91. The predicted molar refractivity (Wildman–Crippen MR) is 48.7 cm³/mol. The van der Waals surface area contributed by atoms with Gasteiger partial charge in [-0.1, -0.05) is 0 Å². The average molecular weight is 194 g/mol. The molecular weight excluding hydrogens is 184 g/mol. The van der Waals surface area contributed by atoms with Crippen molar-refractivity contribution in [1.82, 2.24) is 10.3 Å². The van der Waals surface area contributed by atoms with Crippen LogP contribution in [-0.4, -0.2) is 22.0 Å². The number of aromatic carboxylic acids is 1. The largest absolute Gasteiger partial charge is 0.478 e. The summed E-state index contributed by atoms with van der Waals surface area (Å²) in [5.74, 6) is -1.26. The first-order chi connectivity index (χ1) is 6.61. The van der Waals surface area contributed by atoms with Gasteiger partial charge in [-0.2, -0.15) is 0 Å². The number of carboxylic acid groups (broad SMARTS) is 1. The van der Waals surface area contributed by atoms with Crippen molar-refractivity contribution in [3.8, 4) is 0 Å². The summed E-state index contributed by atoms with van der Waals surface area (Å²) >= 11 is 0. The first-order valence-corrected chi connectivity index (χ1v) is 4.03. The molecule has 74 valence electrons. The Morgan fingerprint density at radius 2 is 2.29 bits per heavy atom. The number of carboxylic acids is 1. The van der Waals surface area contributed by atoms with Crippen LogP contribution in [0, 0.1) is 0 Å². The Morgan fingerprint density at radius 3 is 2.86 bits per heavy atom. The lowest BCUT2D eigenvalue weighted by Crippen LogP contribution is -2.21. The summed E-state index contributed by atoms with van der Waals surface area (Å²) in [5.41, 5.74) is 0.469. The van der Waals surface area contributed by atoms with Gasteiger partial charge in [0.25, 0.3) is 0 Å². The van der Waals surface area contributed by atoms with Gasteiger partial charge in [0.15, 0.2) is 0 Å². The van der Waals surface area contributed by atoms with Crippen LogP contribution in [0.25, 0.3) is 0 Å². The molecule has 0 spiro atoms. The normalized spacial score (nSPS) is 9.50. The van der Waals surface area contributed by atoms with Gasteiger partial charge in [0.05, 0.1) is 17.8 Å². The molecule has 0 radical (unpaired) electrons. The van der Waals surface area contributed by atoms with E-state index in [0.717, 1.165) is 0 Å². The van der Waals surface area contributed by atoms with Gasteiger partial charge in [-0.05, 0) is 12.1 Å². The highest BCUT2D eigenvalue weighted by atomic mass is 16.4. The summed E-state index contributed by atoms with van der Waals surface area (Å²) in [5, 5.41) is 11.3. The fourth-order valence-corrected chi connectivity index (χ4v) is 0.982. The second-order valence-electron chi connectivity index (χ2n) is 2.71. The molecule has 0 aliphatic rings. The van der Waals surface area contributed by atoms with Crippen molar-refractivity contribution in [2.45, 2.75) is 13.5 Å². The van der Waals surface area contributed by atoms with Gasteiger partial charge in [0, 0.05) is 13.1 Å². The molecule has 0 fully saturated rings. The van der Waals surface area contributed by atoms with Crippen LogP contribution in [0.3, 0.4) is 0 Å². The fourth-order valence-electron chi connectivity index (χ4n) is 0.982. The number of pyridine rings is 1. The van der Waals surface area contributed by atoms with E-state index in [1.807, 2.05) is 0 Å². The van der Waals surface area contributed by atoms with E-state index in [1.165, 1.54) is 19.2 Å². The third-order valence-electron chi connectivity index (χ3n) is 1.63. The molecule has 0 aromatic carbocycles. The molecule has 0 aliphatic heterocycles. The molecule has 1 aromatic rings. The summed E-state index contributed by atoms with van der Waals surface area (Å²) in [4.78, 5) is 25.2. The minimum absolute atomic E-state index is 0.112. The van der Waals surface area contributed by atoms with Crippen molar-refractivity contribution in [1.29, 1.82) is 0 Å². The number of carbonyl (C=O) groups is 2. The van der Waals surface area contributed by atoms with Crippen LogP contribution < -0.4 is 5.32 Å². The molecular formula is C9H10N2O3. The molecule has 0 aliphatic carbocycles. The van der Waals surface area contributed by atoms with Crippen molar-refractivity contribution in [3.05, 3.63) is 29.6 Å². The molecule has 5 heteroatoms. The van der Waals surface area contributed by atoms with E-state index in [-0.39, 0.29) is 18.0 Å². The van der Waals surface area contributed by atoms with Crippen LogP contribution in [0.2, 0.25) is 0 Å². The summed E-state index contributed by atoms with van der Waals surface area (Å²) in [6, 6.07) is 2.99.